The molecule has 0 saturated heterocycles. The number of carbonyl (C=O) groups is 1. The van der Waals surface area contributed by atoms with Gasteiger partial charge in [0, 0.05) is 23.7 Å². The van der Waals surface area contributed by atoms with Crippen LogP contribution in [0.1, 0.15) is 29.3 Å². The van der Waals surface area contributed by atoms with E-state index in [1.807, 2.05) is 12.1 Å². The number of rotatable bonds is 2. The van der Waals surface area contributed by atoms with E-state index in [0.29, 0.717) is 17.4 Å². The highest BCUT2D eigenvalue weighted by Gasteiger charge is 2.34. The fourth-order valence-electron chi connectivity index (χ4n) is 1.65. The van der Waals surface area contributed by atoms with Gasteiger partial charge >= 0.3 is 0 Å². The van der Waals surface area contributed by atoms with E-state index in [-0.39, 0.29) is 12.4 Å². The molecule has 2 atom stereocenters. The Balaban J connectivity index is 1.96. The molecule has 1 unspecified atom stereocenters. The molecule has 1 aromatic rings. The van der Waals surface area contributed by atoms with Crippen LogP contribution in [0.2, 0.25) is 0 Å². The monoisotopic (exact) mass is 238 g/mol. The summed E-state index contributed by atoms with van der Waals surface area (Å²) in [7, 11) is 0. The highest BCUT2D eigenvalue weighted by Crippen LogP contribution is 2.36. The van der Waals surface area contributed by atoms with E-state index in [0.717, 1.165) is 12.0 Å². The summed E-state index contributed by atoms with van der Waals surface area (Å²) in [4.78, 5) is 11.1. The Bertz CT molecular complexity index is 561. The molecule has 0 radical (unpaired) electrons. The molecule has 1 aliphatic carbocycles. The van der Waals surface area contributed by atoms with Crippen LogP contribution in [0.5, 0.6) is 0 Å². The fourth-order valence-corrected chi connectivity index (χ4v) is 1.65. The SMILES string of the molecule is CC(=O)c1ccc(C#CC#C[C@@H]2CC2CO)cc1. The first-order valence-electron chi connectivity index (χ1n) is 5.94. The van der Waals surface area contributed by atoms with Gasteiger partial charge in [0.05, 0.1) is 0 Å². The number of ketones is 1. The second-order valence-electron chi connectivity index (χ2n) is 4.44. The van der Waals surface area contributed by atoms with Crippen LogP contribution in [0.3, 0.4) is 0 Å². The van der Waals surface area contributed by atoms with Gasteiger partial charge in [-0.2, -0.15) is 0 Å². The molecule has 2 heteroatoms. The zero-order valence-corrected chi connectivity index (χ0v) is 10.2. The largest absolute Gasteiger partial charge is 0.396 e. The first-order chi connectivity index (χ1) is 8.70. The number of benzene rings is 1. The Morgan fingerprint density at radius 1 is 1.33 bits per heavy atom. The molecule has 1 saturated carbocycles. The Kier molecular flexibility index (Phi) is 3.82. The topological polar surface area (TPSA) is 37.3 Å². The van der Waals surface area contributed by atoms with Crippen molar-refractivity contribution >= 4 is 5.78 Å². The molecule has 18 heavy (non-hydrogen) atoms. The molecule has 1 fully saturated rings. The van der Waals surface area contributed by atoms with Crippen LogP contribution in [-0.4, -0.2) is 17.5 Å². The van der Waals surface area contributed by atoms with E-state index < -0.39 is 0 Å². The first-order valence-corrected chi connectivity index (χ1v) is 5.94. The van der Waals surface area contributed by atoms with Crippen LogP contribution in [0.25, 0.3) is 0 Å². The molecule has 1 aromatic carbocycles. The minimum absolute atomic E-state index is 0.0538. The zero-order valence-electron chi connectivity index (χ0n) is 10.2. The van der Waals surface area contributed by atoms with Crippen LogP contribution in [0.4, 0.5) is 0 Å². The summed E-state index contributed by atoms with van der Waals surface area (Å²) in [6, 6.07) is 7.17. The fraction of sp³-hybridized carbons (Fsp3) is 0.312. The van der Waals surface area contributed by atoms with Crippen molar-refractivity contribution in [2.45, 2.75) is 13.3 Å². The Morgan fingerprint density at radius 2 is 2.06 bits per heavy atom. The van der Waals surface area contributed by atoms with Gasteiger partial charge in [-0.25, -0.2) is 0 Å². The lowest BCUT2D eigenvalue weighted by Crippen LogP contribution is -1.90. The number of hydrogen-bond donors (Lipinski definition) is 1. The summed E-state index contributed by atoms with van der Waals surface area (Å²) < 4.78 is 0. The van der Waals surface area contributed by atoms with Crippen molar-refractivity contribution in [3.8, 4) is 23.7 Å². The third kappa shape index (κ3) is 3.23. The number of hydrogen-bond acceptors (Lipinski definition) is 2. The van der Waals surface area contributed by atoms with Crippen molar-refractivity contribution < 1.29 is 9.90 Å². The third-order valence-electron chi connectivity index (χ3n) is 2.98. The molecule has 1 N–H and O–H groups in total. The molecule has 2 rings (SSSR count). The summed E-state index contributed by atoms with van der Waals surface area (Å²) in [5, 5.41) is 8.85. The lowest BCUT2D eigenvalue weighted by molar-refractivity contribution is 0.101. The lowest BCUT2D eigenvalue weighted by atomic mass is 10.1. The molecular weight excluding hydrogens is 224 g/mol. The molecule has 0 spiro atoms. The standard InChI is InChI=1S/C16H14O2/c1-12(18)14-8-6-13(7-9-14)4-2-3-5-15-10-16(15)11-17/h6-9,15-17H,10-11H2,1H3/t15-,16?/m1/s1. The van der Waals surface area contributed by atoms with Crippen molar-refractivity contribution in [1.82, 2.24) is 0 Å². The molecule has 0 bridgehead atoms. The molecule has 1 aliphatic rings. The smallest absolute Gasteiger partial charge is 0.159 e. The van der Waals surface area contributed by atoms with E-state index >= 15 is 0 Å². The second-order valence-corrected chi connectivity index (χ2v) is 4.44. The van der Waals surface area contributed by atoms with Gasteiger partial charge in [0.15, 0.2) is 5.78 Å². The number of aliphatic hydroxyl groups is 1. The minimum Gasteiger partial charge on any atom is -0.396 e. The third-order valence-corrected chi connectivity index (χ3v) is 2.98. The Morgan fingerprint density at radius 3 is 2.61 bits per heavy atom. The molecule has 0 aromatic heterocycles. The van der Waals surface area contributed by atoms with E-state index in [4.69, 9.17) is 5.11 Å². The van der Waals surface area contributed by atoms with Crippen molar-refractivity contribution in [2.75, 3.05) is 6.61 Å². The highest BCUT2D eigenvalue weighted by atomic mass is 16.3. The van der Waals surface area contributed by atoms with Crippen LogP contribution in [-0.2, 0) is 0 Å². The number of Topliss-reactive ketones (excluding diaryl/α,β-unsaturated/α-hetero) is 1. The van der Waals surface area contributed by atoms with E-state index in [2.05, 4.69) is 23.7 Å². The van der Waals surface area contributed by atoms with Gasteiger partial charge in [0.25, 0.3) is 0 Å². The summed E-state index contributed by atoms with van der Waals surface area (Å²) >= 11 is 0. The van der Waals surface area contributed by atoms with Crippen LogP contribution >= 0.6 is 0 Å². The van der Waals surface area contributed by atoms with Crippen LogP contribution in [0, 0.1) is 35.5 Å². The predicted molar refractivity (Wildman–Crippen MR) is 69.8 cm³/mol. The molecule has 90 valence electrons. The molecule has 2 nitrogen and oxygen atoms in total. The molecule has 0 heterocycles. The maximum Gasteiger partial charge on any atom is 0.159 e. The van der Waals surface area contributed by atoms with Gasteiger partial charge in [-0.3, -0.25) is 4.79 Å². The van der Waals surface area contributed by atoms with Crippen LogP contribution in [0.15, 0.2) is 24.3 Å². The van der Waals surface area contributed by atoms with E-state index in [1.54, 1.807) is 19.1 Å². The maximum atomic E-state index is 11.1. The predicted octanol–water partition coefficient (Wildman–Crippen LogP) is 1.87. The van der Waals surface area contributed by atoms with Crippen LogP contribution < -0.4 is 0 Å². The second kappa shape index (κ2) is 5.54. The normalized spacial score (nSPS) is 20.1. The van der Waals surface area contributed by atoms with Gasteiger partial charge in [-0.05, 0) is 43.2 Å². The summed E-state index contributed by atoms with van der Waals surface area (Å²) in [6.45, 7) is 1.76. The van der Waals surface area contributed by atoms with Gasteiger partial charge in [-0.1, -0.05) is 24.0 Å². The van der Waals surface area contributed by atoms with Crippen molar-refractivity contribution in [1.29, 1.82) is 0 Å². The zero-order chi connectivity index (χ0) is 13.0. The quantitative estimate of drug-likeness (QED) is 0.631. The number of aliphatic hydroxyl groups excluding tert-OH is 1. The van der Waals surface area contributed by atoms with Gasteiger partial charge < -0.3 is 5.11 Å². The molecule has 0 amide bonds. The molecule has 0 aliphatic heterocycles. The first kappa shape index (κ1) is 12.4. The Hall–Kier alpha value is -2.03. The average molecular weight is 238 g/mol. The maximum absolute atomic E-state index is 11.1. The van der Waals surface area contributed by atoms with E-state index in [9.17, 15) is 4.79 Å². The van der Waals surface area contributed by atoms with Gasteiger partial charge in [0.2, 0.25) is 0 Å². The number of carbonyl (C=O) groups excluding carboxylic acids is 1. The summed E-state index contributed by atoms with van der Waals surface area (Å²) in [5.74, 6) is 12.3. The van der Waals surface area contributed by atoms with Crippen molar-refractivity contribution in [2.24, 2.45) is 11.8 Å². The summed E-state index contributed by atoms with van der Waals surface area (Å²) in [5.41, 5.74) is 1.54. The van der Waals surface area contributed by atoms with E-state index in [1.165, 1.54) is 0 Å². The lowest BCUT2D eigenvalue weighted by Gasteiger charge is -1.93. The van der Waals surface area contributed by atoms with Crippen molar-refractivity contribution in [3.05, 3.63) is 35.4 Å². The molecular formula is C16H14O2. The van der Waals surface area contributed by atoms with Gasteiger partial charge in [0.1, 0.15) is 0 Å². The highest BCUT2D eigenvalue weighted by molar-refractivity contribution is 5.94. The Labute approximate surface area is 107 Å². The van der Waals surface area contributed by atoms with Crippen molar-refractivity contribution in [3.63, 3.8) is 0 Å². The minimum atomic E-state index is 0.0538. The average Bonchev–Trinajstić information content (AvgIpc) is 3.14. The summed E-state index contributed by atoms with van der Waals surface area (Å²) in [6.07, 6.45) is 0.985. The van der Waals surface area contributed by atoms with Gasteiger partial charge in [-0.15, -0.1) is 0 Å².